The number of nitrogens with one attached hydrogen (secondary N) is 1. The van der Waals surface area contributed by atoms with Gasteiger partial charge in [0.1, 0.15) is 0 Å². The molecular formula is C18H18BrN3O2. The van der Waals surface area contributed by atoms with Gasteiger partial charge in [0.05, 0.1) is 5.69 Å². The highest BCUT2D eigenvalue weighted by molar-refractivity contribution is 9.10. The number of hydrogen-bond acceptors (Lipinski definition) is 5. The molecule has 4 rings (SSSR count). The molecule has 0 bridgehead atoms. The van der Waals surface area contributed by atoms with Crippen LogP contribution >= 0.6 is 15.9 Å². The molecule has 2 heterocycles. The first-order valence-electron chi connectivity index (χ1n) is 7.98. The maximum Gasteiger partial charge on any atom is 0.231 e. The van der Waals surface area contributed by atoms with Crippen LogP contribution in [0, 0.1) is 0 Å². The molecule has 0 atom stereocenters. The summed E-state index contributed by atoms with van der Waals surface area (Å²) in [6.45, 7) is 4.45. The van der Waals surface area contributed by atoms with Crippen molar-refractivity contribution in [3.05, 3.63) is 46.4 Å². The molecule has 1 fully saturated rings. The van der Waals surface area contributed by atoms with Crippen LogP contribution in [-0.2, 0) is 0 Å². The van der Waals surface area contributed by atoms with Gasteiger partial charge in [0.15, 0.2) is 11.5 Å². The van der Waals surface area contributed by atoms with Crippen molar-refractivity contribution in [1.82, 2.24) is 5.32 Å². The standard InChI is InChI=1S/C18H18BrN3O2/c19-16-10-18-17(23-12-24-18)9-13(16)11-21-14-1-3-15(4-2-14)22-7-5-20-6-8-22/h1-4,9-11,20H,5-8,12H2. The van der Waals surface area contributed by atoms with Gasteiger partial charge in [0.2, 0.25) is 6.79 Å². The summed E-state index contributed by atoms with van der Waals surface area (Å²) in [6.07, 6.45) is 1.84. The molecule has 0 radical (unpaired) electrons. The topological polar surface area (TPSA) is 46.1 Å². The lowest BCUT2D eigenvalue weighted by molar-refractivity contribution is 0.174. The molecule has 2 aliphatic rings. The zero-order chi connectivity index (χ0) is 16.4. The Morgan fingerprint density at radius 3 is 2.50 bits per heavy atom. The van der Waals surface area contributed by atoms with Gasteiger partial charge in [-0.2, -0.15) is 0 Å². The molecule has 0 aromatic heterocycles. The van der Waals surface area contributed by atoms with Gasteiger partial charge in [0.25, 0.3) is 0 Å². The second kappa shape index (κ2) is 6.83. The molecule has 124 valence electrons. The van der Waals surface area contributed by atoms with Crippen LogP contribution < -0.4 is 19.7 Å². The summed E-state index contributed by atoms with van der Waals surface area (Å²) in [5.41, 5.74) is 3.14. The van der Waals surface area contributed by atoms with Crippen LogP contribution in [0.5, 0.6) is 11.5 Å². The molecule has 24 heavy (non-hydrogen) atoms. The maximum absolute atomic E-state index is 5.41. The van der Waals surface area contributed by atoms with Gasteiger partial charge in [-0.1, -0.05) is 0 Å². The number of benzene rings is 2. The van der Waals surface area contributed by atoms with Gasteiger partial charge in [-0.05, 0) is 52.3 Å². The van der Waals surface area contributed by atoms with Gasteiger partial charge in [-0.15, -0.1) is 0 Å². The Kier molecular flexibility index (Phi) is 4.40. The molecule has 0 aliphatic carbocycles. The van der Waals surface area contributed by atoms with E-state index in [1.54, 1.807) is 0 Å². The number of piperazine rings is 1. The van der Waals surface area contributed by atoms with Gasteiger partial charge in [-0.3, -0.25) is 4.99 Å². The number of rotatable bonds is 3. The zero-order valence-electron chi connectivity index (χ0n) is 13.2. The SMILES string of the molecule is Brc1cc2c(cc1C=Nc1ccc(N3CCNCC3)cc1)OCO2. The molecule has 2 aliphatic heterocycles. The fourth-order valence-electron chi connectivity index (χ4n) is 2.85. The van der Waals surface area contributed by atoms with E-state index in [1.165, 1.54) is 5.69 Å². The number of nitrogens with zero attached hydrogens (tertiary/aromatic N) is 2. The molecule has 0 saturated carbocycles. The molecule has 1 saturated heterocycles. The normalized spacial score (nSPS) is 16.8. The average Bonchev–Trinajstić information content (AvgIpc) is 3.08. The van der Waals surface area contributed by atoms with E-state index in [1.807, 2.05) is 18.3 Å². The van der Waals surface area contributed by atoms with Crippen LogP contribution in [0.3, 0.4) is 0 Å². The van der Waals surface area contributed by atoms with Crippen molar-refractivity contribution in [3.8, 4) is 11.5 Å². The van der Waals surface area contributed by atoms with E-state index in [0.29, 0.717) is 0 Å². The van der Waals surface area contributed by atoms with Crippen LogP contribution in [0.1, 0.15) is 5.56 Å². The number of halogens is 1. The highest BCUT2D eigenvalue weighted by Gasteiger charge is 2.15. The summed E-state index contributed by atoms with van der Waals surface area (Å²) >= 11 is 3.55. The van der Waals surface area contributed by atoms with Gasteiger partial charge in [0, 0.05) is 48.1 Å². The first-order valence-corrected chi connectivity index (χ1v) is 8.78. The Balaban J connectivity index is 1.50. The summed E-state index contributed by atoms with van der Waals surface area (Å²) in [6, 6.07) is 12.2. The second-order valence-corrected chi connectivity index (χ2v) is 6.59. The number of anilines is 1. The van der Waals surface area contributed by atoms with Gasteiger partial charge >= 0.3 is 0 Å². The van der Waals surface area contributed by atoms with Crippen molar-refractivity contribution < 1.29 is 9.47 Å². The Hall–Kier alpha value is -2.05. The Morgan fingerprint density at radius 1 is 1.04 bits per heavy atom. The summed E-state index contributed by atoms with van der Waals surface area (Å²) in [4.78, 5) is 6.95. The van der Waals surface area contributed by atoms with Crippen LogP contribution in [0.2, 0.25) is 0 Å². The molecule has 0 amide bonds. The molecule has 1 N–H and O–H groups in total. The van der Waals surface area contributed by atoms with Crippen molar-refractivity contribution in [2.75, 3.05) is 37.9 Å². The van der Waals surface area contributed by atoms with Crippen LogP contribution in [0.15, 0.2) is 45.9 Å². The minimum Gasteiger partial charge on any atom is -0.454 e. The molecular weight excluding hydrogens is 370 g/mol. The fraction of sp³-hybridized carbons (Fsp3) is 0.278. The monoisotopic (exact) mass is 387 g/mol. The van der Waals surface area contributed by atoms with Crippen LogP contribution in [0.25, 0.3) is 0 Å². The molecule has 5 nitrogen and oxygen atoms in total. The molecule has 6 heteroatoms. The van der Waals surface area contributed by atoms with E-state index in [0.717, 1.165) is 53.4 Å². The first kappa shape index (κ1) is 15.5. The van der Waals surface area contributed by atoms with E-state index in [9.17, 15) is 0 Å². The van der Waals surface area contributed by atoms with Crippen molar-refractivity contribution >= 4 is 33.5 Å². The van der Waals surface area contributed by atoms with Crippen molar-refractivity contribution in [2.24, 2.45) is 4.99 Å². The third kappa shape index (κ3) is 3.25. The molecule has 0 spiro atoms. The number of hydrogen-bond donors (Lipinski definition) is 1. The van der Waals surface area contributed by atoms with E-state index in [2.05, 4.69) is 55.4 Å². The van der Waals surface area contributed by atoms with E-state index >= 15 is 0 Å². The molecule has 2 aromatic carbocycles. The van der Waals surface area contributed by atoms with Gasteiger partial charge in [-0.25, -0.2) is 0 Å². The Bertz CT molecular complexity index is 756. The summed E-state index contributed by atoms with van der Waals surface area (Å²) in [5.74, 6) is 1.52. The first-order chi connectivity index (χ1) is 11.8. The van der Waals surface area contributed by atoms with Gasteiger partial charge < -0.3 is 19.7 Å². The smallest absolute Gasteiger partial charge is 0.231 e. The summed E-state index contributed by atoms with van der Waals surface area (Å²) < 4.78 is 11.7. The molecule has 0 unspecified atom stereocenters. The van der Waals surface area contributed by atoms with E-state index in [4.69, 9.17) is 9.47 Å². The Labute approximate surface area is 149 Å². The lowest BCUT2D eigenvalue weighted by Crippen LogP contribution is -2.43. The summed E-state index contributed by atoms with van der Waals surface area (Å²) in [5, 5.41) is 3.37. The number of aliphatic imine (C=N–C) groups is 1. The van der Waals surface area contributed by atoms with Crippen LogP contribution in [-0.4, -0.2) is 39.2 Å². The summed E-state index contributed by atoms with van der Waals surface area (Å²) in [7, 11) is 0. The third-order valence-corrected chi connectivity index (χ3v) is 4.86. The van der Waals surface area contributed by atoms with E-state index < -0.39 is 0 Å². The fourth-order valence-corrected chi connectivity index (χ4v) is 3.27. The maximum atomic E-state index is 5.41. The molecule has 2 aromatic rings. The van der Waals surface area contributed by atoms with Crippen molar-refractivity contribution in [1.29, 1.82) is 0 Å². The third-order valence-electron chi connectivity index (χ3n) is 4.18. The predicted molar refractivity (Wildman–Crippen MR) is 99.0 cm³/mol. The lowest BCUT2D eigenvalue weighted by atomic mass is 10.2. The lowest BCUT2D eigenvalue weighted by Gasteiger charge is -2.29. The second-order valence-electron chi connectivity index (χ2n) is 5.74. The zero-order valence-corrected chi connectivity index (χ0v) is 14.8. The van der Waals surface area contributed by atoms with Crippen molar-refractivity contribution in [3.63, 3.8) is 0 Å². The highest BCUT2D eigenvalue weighted by Crippen LogP contribution is 2.36. The van der Waals surface area contributed by atoms with Crippen LogP contribution in [0.4, 0.5) is 11.4 Å². The minimum atomic E-state index is 0.274. The minimum absolute atomic E-state index is 0.274. The number of ether oxygens (including phenoxy) is 2. The largest absolute Gasteiger partial charge is 0.454 e. The Morgan fingerprint density at radius 2 is 1.75 bits per heavy atom. The van der Waals surface area contributed by atoms with Crippen molar-refractivity contribution in [2.45, 2.75) is 0 Å². The quantitative estimate of drug-likeness (QED) is 0.820. The van der Waals surface area contributed by atoms with E-state index in [-0.39, 0.29) is 6.79 Å². The number of fused-ring (bicyclic) bond motifs is 1. The average molecular weight is 388 g/mol. The predicted octanol–water partition coefficient (Wildman–Crippen LogP) is 3.34. The highest BCUT2D eigenvalue weighted by atomic mass is 79.9.